The Labute approximate surface area is 121 Å². The number of nitrogens with zero attached hydrogens (tertiary/aromatic N) is 2. The van der Waals surface area contributed by atoms with E-state index in [0.717, 1.165) is 5.56 Å². The molecular weight excluding hydrogens is 280 g/mol. The summed E-state index contributed by atoms with van der Waals surface area (Å²) in [4.78, 5) is 35.3. The molecule has 0 unspecified atom stereocenters. The number of aromatic nitrogens is 2. The van der Waals surface area contributed by atoms with Gasteiger partial charge in [-0.15, -0.1) is 0 Å². The average Bonchev–Trinajstić information content (AvgIpc) is 2.95. The van der Waals surface area contributed by atoms with Crippen LogP contribution in [0.3, 0.4) is 0 Å². The van der Waals surface area contributed by atoms with Crippen molar-refractivity contribution in [2.75, 3.05) is 14.2 Å². The second kappa shape index (κ2) is 7.88. The van der Waals surface area contributed by atoms with Crippen molar-refractivity contribution in [3.63, 3.8) is 0 Å². The number of aromatic amines is 1. The number of carboxylic acid groups (broad SMARTS) is 1. The molecule has 9 heteroatoms. The Kier molecular flexibility index (Phi) is 6.18. The molecule has 1 rings (SSSR count). The number of H-pyrrole nitrogens is 1. The first-order valence-corrected chi connectivity index (χ1v) is 6.23. The second-order valence-corrected chi connectivity index (χ2v) is 4.42. The summed E-state index contributed by atoms with van der Waals surface area (Å²) in [5.74, 6) is -1.73. The highest BCUT2D eigenvalue weighted by Crippen LogP contribution is 2.03. The highest BCUT2D eigenvalue weighted by atomic mass is 16.5. The van der Waals surface area contributed by atoms with E-state index in [-0.39, 0.29) is 19.4 Å². The van der Waals surface area contributed by atoms with Gasteiger partial charge in [-0.25, -0.2) is 9.59 Å². The van der Waals surface area contributed by atoms with Gasteiger partial charge in [-0.2, -0.15) is 5.10 Å². The molecule has 0 aromatic carbocycles. The summed E-state index contributed by atoms with van der Waals surface area (Å²) in [6, 6.07) is -1.70. The summed E-state index contributed by atoms with van der Waals surface area (Å²) < 4.78 is 4.44. The fourth-order valence-electron chi connectivity index (χ4n) is 1.59. The number of carbonyl (C=O) groups excluding carboxylic acids is 2. The minimum absolute atomic E-state index is 0.0344. The van der Waals surface area contributed by atoms with Crippen LogP contribution in [0.2, 0.25) is 0 Å². The van der Waals surface area contributed by atoms with E-state index < -0.39 is 24.0 Å². The van der Waals surface area contributed by atoms with Crippen LogP contribution in [0.15, 0.2) is 12.4 Å². The highest BCUT2D eigenvalue weighted by Gasteiger charge is 2.22. The summed E-state index contributed by atoms with van der Waals surface area (Å²) in [5, 5.41) is 17.8. The number of hydrogen-bond donors (Lipinski definition) is 3. The largest absolute Gasteiger partial charge is 0.480 e. The van der Waals surface area contributed by atoms with Gasteiger partial charge in [0.25, 0.3) is 0 Å². The quantitative estimate of drug-likeness (QED) is 0.606. The molecule has 9 nitrogen and oxygen atoms in total. The normalized spacial score (nSPS) is 11.5. The van der Waals surface area contributed by atoms with Crippen molar-refractivity contribution in [3.05, 3.63) is 18.0 Å². The van der Waals surface area contributed by atoms with Gasteiger partial charge in [0.15, 0.2) is 0 Å². The molecule has 0 spiro atoms. The van der Waals surface area contributed by atoms with E-state index in [2.05, 4.69) is 20.3 Å². The lowest BCUT2D eigenvalue weighted by Gasteiger charge is -2.20. The van der Waals surface area contributed by atoms with Crippen LogP contribution in [0, 0.1) is 0 Å². The van der Waals surface area contributed by atoms with Crippen molar-refractivity contribution < 1.29 is 24.2 Å². The van der Waals surface area contributed by atoms with Crippen LogP contribution in [0.4, 0.5) is 4.79 Å². The third-order valence-electron chi connectivity index (χ3n) is 2.78. The van der Waals surface area contributed by atoms with Gasteiger partial charge in [0.1, 0.15) is 6.04 Å². The van der Waals surface area contributed by atoms with Crippen molar-refractivity contribution in [1.82, 2.24) is 20.4 Å². The number of hydrogen-bond acceptors (Lipinski definition) is 5. The van der Waals surface area contributed by atoms with Gasteiger partial charge in [0, 0.05) is 25.2 Å². The van der Waals surface area contributed by atoms with Gasteiger partial charge >= 0.3 is 18.0 Å². The van der Waals surface area contributed by atoms with E-state index in [4.69, 9.17) is 5.11 Å². The van der Waals surface area contributed by atoms with Crippen molar-refractivity contribution in [1.29, 1.82) is 0 Å². The number of amides is 2. The molecule has 2 amide bonds. The first-order valence-electron chi connectivity index (χ1n) is 6.23. The van der Waals surface area contributed by atoms with Crippen LogP contribution < -0.4 is 5.32 Å². The number of nitrogens with one attached hydrogen (secondary N) is 2. The molecule has 0 aliphatic heterocycles. The second-order valence-electron chi connectivity index (χ2n) is 4.42. The van der Waals surface area contributed by atoms with E-state index in [1.165, 1.54) is 19.1 Å². The van der Waals surface area contributed by atoms with Crippen molar-refractivity contribution in [2.45, 2.75) is 25.4 Å². The average molecular weight is 298 g/mol. The Hall–Kier alpha value is -2.58. The van der Waals surface area contributed by atoms with Crippen LogP contribution in [-0.4, -0.2) is 58.4 Å². The number of aliphatic carboxylic acids is 1. The SMILES string of the molecule is COC(=O)CC[C@H](NC(=O)N(C)Cc1cn[nH]c1)C(=O)O. The van der Waals surface area contributed by atoms with Crippen LogP contribution in [-0.2, 0) is 20.9 Å². The number of ether oxygens (including phenoxy) is 1. The van der Waals surface area contributed by atoms with E-state index in [0.29, 0.717) is 0 Å². The zero-order valence-corrected chi connectivity index (χ0v) is 11.8. The molecule has 1 heterocycles. The van der Waals surface area contributed by atoms with Crippen LogP contribution >= 0.6 is 0 Å². The molecular formula is C12H18N4O5. The first kappa shape index (κ1) is 16.5. The maximum Gasteiger partial charge on any atom is 0.326 e. The number of methoxy groups -OCH3 is 1. The topological polar surface area (TPSA) is 125 Å². The number of rotatable bonds is 7. The third kappa shape index (κ3) is 5.51. The fraction of sp³-hybridized carbons (Fsp3) is 0.500. The zero-order chi connectivity index (χ0) is 15.8. The Morgan fingerprint density at radius 2 is 2.24 bits per heavy atom. The summed E-state index contributed by atoms with van der Waals surface area (Å²) >= 11 is 0. The molecule has 116 valence electrons. The predicted molar refractivity (Wildman–Crippen MR) is 71.3 cm³/mol. The smallest absolute Gasteiger partial charge is 0.326 e. The summed E-state index contributed by atoms with van der Waals surface area (Å²) in [6.07, 6.45) is 3.08. The molecule has 1 atom stereocenters. The van der Waals surface area contributed by atoms with Gasteiger partial charge in [-0.3, -0.25) is 9.89 Å². The summed E-state index contributed by atoms with van der Waals surface area (Å²) in [5.41, 5.74) is 0.786. The Morgan fingerprint density at radius 1 is 1.52 bits per heavy atom. The lowest BCUT2D eigenvalue weighted by atomic mass is 10.1. The minimum Gasteiger partial charge on any atom is -0.480 e. The fourth-order valence-corrected chi connectivity index (χ4v) is 1.59. The van der Waals surface area contributed by atoms with Crippen molar-refractivity contribution in [3.8, 4) is 0 Å². The summed E-state index contributed by atoms with van der Waals surface area (Å²) in [7, 11) is 2.75. The van der Waals surface area contributed by atoms with Gasteiger partial charge in [-0.1, -0.05) is 0 Å². The molecule has 1 aromatic rings. The molecule has 0 aliphatic carbocycles. The van der Waals surface area contributed by atoms with Crippen molar-refractivity contribution in [2.24, 2.45) is 0 Å². The predicted octanol–water partition coefficient (Wildman–Crippen LogP) is -0.0425. The molecule has 1 aromatic heterocycles. The van der Waals surface area contributed by atoms with Gasteiger partial charge in [-0.05, 0) is 6.42 Å². The van der Waals surface area contributed by atoms with E-state index in [9.17, 15) is 14.4 Å². The van der Waals surface area contributed by atoms with Gasteiger partial charge < -0.3 is 20.1 Å². The Morgan fingerprint density at radius 3 is 2.76 bits per heavy atom. The summed E-state index contributed by atoms with van der Waals surface area (Å²) in [6.45, 7) is 0.283. The molecule has 0 saturated carbocycles. The maximum atomic E-state index is 11.9. The van der Waals surface area contributed by atoms with E-state index in [1.807, 2.05) is 0 Å². The number of carboxylic acids is 1. The van der Waals surface area contributed by atoms with Crippen LogP contribution in [0.1, 0.15) is 18.4 Å². The number of urea groups is 1. The standard InChI is InChI=1S/C12H18N4O5/c1-16(7-8-5-13-14-6-8)12(20)15-9(11(18)19)3-4-10(17)21-2/h5-6,9H,3-4,7H2,1-2H3,(H,13,14)(H,15,20)(H,18,19)/t9-/m0/s1. The molecule has 3 N–H and O–H groups in total. The molecule has 21 heavy (non-hydrogen) atoms. The molecule has 0 fully saturated rings. The zero-order valence-electron chi connectivity index (χ0n) is 11.8. The monoisotopic (exact) mass is 298 g/mol. The molecule has 0 saturated heterocycles. The molecule has 0 bridgehead atoms. The number of esters is 1. The van der Waals surface area contributed by atoms with E-state index >= 15 is 0 Å². The first-order chi connectivity index (χ1) is 9.93. The Balaban J connectivity index is 2.51. The third-order valence-corrected chi connectivity index (χ3v) is 2.78. The van der Waals surface area contributed by atoms with Crippen LogP contribution in [0.25, 0.3) is 0 Å². The molecule has 0 radical (unpaired) electrons. The van der Waals surface area contributed by atoms with E-state index in [1.54, 1.807) is 12.4 Å². The lowest BCUT2D eigenvalue weighted by molar-refractivity contribution is -0.142. The van der Waals surface area contributed by atoms with Gasteiger partial charge in [0.2, 0.25) is 0 Å². The Bertz CT molecular complexity index is 488. The molecule has 0 aliphatic rings. The maximum absolute atomic E-state index is 11.9. The lowest BCUT2D eigenvalue weighted by Crippen LogP contribution is -2.46. The van der Waals surface area contributed by atoms with Crippen molar-refractivity contribution >= 4 is 18.0 Å². The highest BCUT2D eigenvalue weighted by molar-refractivity contribution is 5.83. The van der Waals surface area contributed by atoms with Gasteiger partial charge in [0.05, 0.1) is 19.9 Å². The van der Waals surface area contributed by atoms with Crippen LogP contribution in [0.5, 0.6) is 0 Å². The number of carbonyl (C=O) groups is 3. The minimum atomic E-state index is -1.20.